The van der Waals surface area contributed by atoms with Gasteiger partial charge in [-0.25, -0.2) is 0 Å². The van der Waals surface area contributed by atoms with Crippen LogP contribution in [0.3, 0.4) is 0 Å². The molecule has 0 radical (unpaired) electrons. The lowest BCUT2D eigenvalue weighted by Crippen LogP contribution is -2.08. The molecule has 1 unspecified atom stereocenters. The van der Waals surface area contributed by atoms with Crippen LogP contribution in [0.25, 0.3) is 32.7 Å². The number of fused-ring (bicyclic) bond motifs is 3. The molecule has 0 fully saturated rings. The summed E-state index contributed by atoms with van der Waals surface area (Å²) in [5.74, 6) is 0.764. The molecule has 0 amide bonds. The minimum absolute atomic E-state index is 0.302. The number of aryl methyl sites for hydroxylation is 3. The number of benzene rings is 3. The zero-order chi connectivity index (χ0) is 24.1. The van der Waals surface area contributed by atoms with Crippen LogP contribution in [0.5, 0.6) is 0 Å². The number of nitrogens with zero attached hydrogens (tertiary/aromatic N) is 3. The van der Waals surface area contributed by atoms with Crippen LogP contribution in [0.4, 0.5) is 0 Å². The Morgan fingerprint density at radius 2 is 0.914 bits per heavy atom. The van der Waals surface area contributed by atoms with E-state index in [4.69, 9.17) is 0 Å². The van der Waals surface area contributed by atoms with E-state index < -0.39 is 0 Å². The monoisotopic (exact) mass is 459 g/mol. The summed E-state index contributed by atoms with van der Waals surface area (Å²) in [6.07, 6.45) is 9.29. The Bertz CT molecular complexity index is 1580. The molecule has 3 heteroatoms. The average Bonchev–Trinajstić information content (AvgIpc) is 3.52. The molecule has 1 atom stereocenters. The summed E-state index contributed by atoms with van der Waals surface area (Å²) >= 11 is 0. The van der Waals surface area contributed by atoms with E-state index in [0.717, 1.165) is 12.8 Å². The third kappa shape index (κ3) is 3.49. The summed E-state index contributed by atoms with van der Waals surface area (Å²) in [7, 11) is 6.52. The second-order valence-electron chi connectivity index (χ2n) is 10.0. The maximum atomic E-state index is 2.37. The summed E-state index contributed by atoms with van der Waals surface area (Å²) in [6, 6.07) is 26.5. The van der Waals surface area contributed by atoms with Crippen molar-refractivity contribution in [2.45, 2.75) is 31.6 Å². The number of hydrogen-bond donors (Lipinski definition) is 0. The van der Waals surface area contributed by atoms with Gasteiger partial charge < -0.3 is 13.7 Å². The van der Waals surface area contributed by atoms with E-state index in [0.29, 0.717) is 11.8 Å². The van der Waals surface area contributed by atoms with E-state index >= 15 is 0 Å². The van der Waals surface area contributed by atoms with E-state index in [1.165, 1.54) is 49.4 Å². The van der Waals surface area contributed by atoms with Gasteiger partial charge in [0, 0.05) is 78.4 Å². The fourth-order valence-corrected chi connectivity index (χ4v) is 6.22. The molecule has 0 spiro atoms. The lowest BCUT2D eigenvalue weighted by molar-refractivity contribution is 0.566. The molecule has 0 N–H and O–H groups in total. The Morgan fingerprint density at radius 3 is 1.34 bits per heavy atom. The van der Waals surface area contributed by atoms with Crippen molar-refractivity contribution in [2.75, 3.05) is 0 Å². The smallest absolute Gasteiger partial charge is 0.0480 e. The molecule has 0 aliphatic rings. The predicted octanol–water partition coefficient (Wildman–Crippen LogP) is 7.88. The molecule has 35 heavy (non-hydrogen) atoms. The quantitative estimate of drug-likeness (QED) is 0.241. The SMILES string of the molecule is CCC(CC(c1cn(C)c2ccccc12)c1cn(C)c2ccccc12)c1cn(C)c2ccccc12. The first kappa shape index (κ1) is 21.8. The molecular weight excluding hydrogens is 426 g/mol. The minimum atomic E-state index is 0.302. The van der Waals surface area contributed by atoms with Gasteiger partial charge in [-0.15, -0.1) is 0 Å². The minimum Gasteiger partial charge on any atom is -0.350 e. The van der Waals surface area contributed by atoms with Gasteiger partial charge in [0.2, 0.25) is 0 Å². The van der Waals surface area contributed by atoms with E-state index in [1.807, 2.05) is 0 Å². The zero-order valence-corrected chi connectivity index (χ0v) is 21.1. The Morgan fingerprint density at radius 1 is 0.543 bits per heavy atom. The number of aromatic nitrogens is 3. The highest BCUT2D eigenvalue weighted by molar-refractivity contribution is 5.89. The fourth-order valence-electron chi connectivity index (χ4n) is 6.22. The van der Waals surface area contributed by atoms with Gasteiger partial charge in [0.25, 0.3) is 0 Å². The fraction of sp³-hybridized carbons (Fsp3) is 0.250. The molecule has 3 aromatic heterocycles. The zero-order valence-electron chi connectivity index (χ0n) is 21.1. The number of hydrogen-bond acceptors (Lipinski definition) is 0. The van der Waals surface area contributed by atoms with Crippen LogP contribution in [0.2, 0.25) is 0 Å². The van der Waals surface area contributed by atoms with Gasteiger partial charge in [-0.2, -0.15) is 0 Å². The Hall–Kier alpha value is -3.72. The van der Waals surface area contributed by atoms with Crippen LogP contribution in [-0.4, -0.2) is 13.7 Å². The van der Waals surface area contributed by atoms with Gasteiger partial charge in [0.15, 0.2) is 0 Å². The van der Waals surface area contributed by atoms with Crippen LogP contribution in [0.1, 0.15) is 48.3 Å². The Balaban J connectivity index is 1.55. The molecule has 6 rings (SSSR count). The van der Waals surface area contributed by atoms with Crippen LogP contribution < -0.4 is 0 Å². The molecule has 3 heterocycles. The van der Waals surface area contributed by atoms with Crippen LogP contribution in [0, 0.1) is 0 Å². The Kier molecular flexibility index (Phi) is 5.29. The third-order valence-corrected chi connectivity index (χ3v) is 7.99. The first-order valence-corrected chi connectivity index (χ1v) is 12.7. The topological polar surface area (TPSA) is 14.8 Å². The standard InChI is InChI=1S/C32H33N3/c1-5-22(27-19-33(2)30-15-9-6-12-23(27)30)18-26(28-20-34(3)31-16-10-7-13-24(28)31)29-21-35(4)32-17-11-8-14-25(29)32/h6-17,19-22,26H,5,18H2,1-4H3. The summed E-state index contributed by atoms with van der Waals surface area (Å²) in [4.78, 5) is 0. The first-order valence-electron chi connectivity index (χ1n) is 12.7. The van der Waals surface area contributed by atoms with Crippen molar-refractivity contribution in [3.05, 3.63) is 108 Å². The van der Waals surface area contributed by atoms with Crippen molar-refractivity contribution < 1.29 is 0 Å². The van der Waals surface area contributed by atoms with Gasteiger partial charge in [-0.3, -0.25) is 0 Å². The number of rotatable bonds is 6. The lowest BCUT2D eigenvalue weighted by atomic mass is 9.80. The molecule has 176 valence electrons. The third-order valence-electron chi connectivity index (χ3n) is 7.99. The summed E-state index contributed by atoms with van der Waals surface area (Å²) < 4.78 is 6.88. The van der Waals surface area contributed by atoms with Gasteiger partial charge in [-0.05, 0) is 53.6 Å². The first-order chi connectivity index (χ1) is 17.1. The largest absolute Gasteiger partial charge is 0.350 e. The molecule has 6 aromatic rings. The van der Waals surface area contributed by atoms with E-state index in [9.17, 15) is 0 Å². The molecule has 0 aliphatic heterocycles. The van der Waals surface area contributed by atoms with Gasteiger partial charge in [0.1, 0.15) is 0 Å². The summed E-state index contributed by atoms with van der Waals surface area (Å²) in [5.41, 5.74) is 8.23. The molecule has 0 saturated carbocycles. The average molecular weight is 460 g/mol. The van der Waals surface area contributed by atoms with Crippen LogP contribution in [0.15, 0.2) is 91.4 Å². The van der Waals surface area contributed by atoms with Crippen molar-refractivity contribution in [3.8, 4) is 0 Å². The highest BCUT2D eigenvalue weighted by atomic mass is 14.9. The van der Waals surface area contributed by atoms with Crippen molar-refractivity contribution in [2.24, 2.45) is 21.1 Å². The summed E-state index contributed by atoms with van der Waals surface area (Å²) in [6.45, 7) is 2.34. The van der Waals surface area contributed by atoms with E-state index in [-0.39, 0.29) is 0 Å². The van der Waals surface area contributed by atoms with Crippen LogP contribution >= 0.6 is 0 Å². The maximum absolute atomic E-state index is 2.37. The predicted molar refractivity (Wildman–Crippen MR) is 148 cm³/mol. The van der Waals surface area contributed by atoms with E-state index in [1.54, 1.807) is 0 Å². The van der Waals surface area contributed by atoms with Crippen molar-refractivity contribution in [1.29, 1.82) is 0 Å². The summed E-state index contributed by atoms with van der Waals surface area (Å²) in [5, 5.41) is 4.11. The second-order valence-corrected chi connectivity index (χ2v) is 10.0. The molecule has 3 aromatic carbocycles. The highest BCUT2D eigenvalue weighted by Gasteiger charge is 2.27. The van der Waals surface area contributed by atoms with Gasteiger partial charge >= 0.3 is 0 Å². The van der Waals surface area contributed by atoms with Crippen molar-refractivity contribution in [1.82, 2.24) is 13.7 Å². The number of para-hydroxylation sites is 3. The Labute approximate surface area is 207 Å². The molecule has 0 aliphatic carbocycles. The molecule has 3 nitrogen and oxygen atoms in total. The lowest BCUT2D eigenvalue weighted by Gasteiger charge is -2.23. The second kappa shape index (κ2) is 8.49. The van der Waals surface area contributed by atoms with Crippen molar-refractivity contribution >= 4 is 32.7 Å². The molecule has 0 saturated heterocycles. The normalized spacial score (nSPS) is 12.9. The highest BCUT2D eigenvalue weighted by Crippen LogP contribution is 2.44. The maximum Gasteiger partial charge on any atom is 0.0480 e. The van der Waals surface area contributed by atoms with Crippen molar-refractivity contribution in [3.63, 3.8) is 0 Å². The molecular formula is C32H33N3. The van der Waals surface area contributed by atoms with Gasteiger partial charge in [-0.1, -0.05) is 61.5 Å². The van der Waals surface area contributed by atoms with E-state index in [2.05, 4.69) is 133 Å². The van der Waals surface area contributed by atoms with Gasteiger partial charge in [0.05, 0.1) is 0 Å². The van der Waals surface area contributed by atoms with Crippen LogP contribution in [-0.2, 0) is 21.1 Å². The molecule has 0 bridgehead atoms.